The minimum absolute atomic E-state index is 0.0480. The number of aliphatic hydroxyl groups excluding tert-OH is 1. The third kappa shape index (κ3) is 26.1. The third-order valence-electron chi connectivity index (χ3n) is 17.5. The molecule has 27 heteroatoms. The molecule has 0 spiro atoms. The van der Waals surface area contributed by atoms with E-state index in [2.05, 4.69) is 21.3 Å². The average Bonchev–Trinajstić information content (AvgIpc) is 0.814. The first-order valence-electron chi connectivity index (χ1n) is 33.7. The predicted molar refractivity (Wildman–Crippen MR) is 369 cm³/mol. The van der Waals surface area contributed by atoms with Gasteiger partial charge in [-0.05, 0) is 102 Å². The summed E-state index contributed by atoms with van der Waals surface area (Å²) in [5.41, 5.74) is -1.60. The molecule has 1 rings (SSSR count). The first-order valence-corrected chi connectivity index (χ1v) is 34.9. The average molecular weight is 1370 g/mol. The molecule has 11 amide bonds. The molecule has 1 heterocycles. The molecule has 95 heavy (non-hydrogen) atoms. The Morgan fingerprint density at radius 2 is 0.968 bits per heavy atom. The van der Waals surface area contributed by atoms with Gasteiger partial charge in [-0.3, -0.25) is 52.7 Å². The van der Waals surface area contributed by atoms with E-state index in [0.717, 1.165) is 14.7 Å². The molecular formula is C68H123N11O15S. The number of thioether (sulfide) groups is 1. The molecule has 26 nitrogen and oxygen atoms in total. The fourth-order valence-electron chi connectivity index (χ4n) is 11.5. The summed E-state index contributed by atoms with van der Waals surface area (Å²) in [7, 11) is 11.3. The number of allylic oxidation sites excluding steroid dienone is 2. The molecule has 0 radical (unpaired) electrons. The van der Waals surface area contributed by atoms with Crippen molar-refractivity contribution in [3.63, 3.8) is 0 Å². The lowest BCUT2D eigenvalue weighted by Crippen LogP contribution is -2.64. The van der Waals surface area contributed by atoms with Crippen molar-refractivity contribution >= 4 is 76.7 Å². The number of hydrogen-bond donors (Lipinski definition) is 6. The molecule has 0 aromatic rings. The maximum Gasteiger partial charge on any atom is 0.246 e. The van der Waals surface area contributed by atoms with Crippen molar-refractivity contribution in [2.75, 3.05) is 87.8 Å². The molecule has 1 fully saturated rings. The number of carbonyl (C=O) groups excluding carboxylic acids is 11. The van der Waals surface area contributed by atoms with E-state index < -0.39 is 161 Å². The van der Waals surface area contributed by atoms with Crippen LogP contribution in [-0.4, -0.2) is 275 Å². The molecule has 1 aliphatic rings. The van der Waals surface area contributed by atoms with E-state index in [1.807, 2.05) is 41.5 Å². The Hall–Kier alpha value is -5.90. The fourth-order valence-corrected chi connectivity index (χ4v) is 12.5. The van der Waals surface area contributed by atoms with Crippen molar-refractivity contribution in [2.45, 2.75) is 234 Å². The summed E-state index contributed by atoms with van der Waals surface area (Å²) in [6.07, 6.45) is 2.26. The van der Waals surface area contributed by atoms with Crippen LogP contribution in [0.3, 0.4) is 0 Å². The zero-order chi connectivity index (χ0) is 73.4. The van der Waals surface area contributed by atoms with Crippen molar-refractivity contribution in [3.05, 3.63) is 12.2 Å². The summed E-state index contributed by atoms with van der Waals surface area (Å²) >= 11 is 1.27. The summed E-state index contributed by atoms with van der Waals surface area (Å²) in [6, 6.07) is -14.6. The van der Waals surface area contributed by atoms with Gasteiger partial charge in [-0.1, -0.05) is 95.2 Å². The zero-order valence-electron chi connectivity index (χ0n) is 62.1. The standard InChI is InChI=1S/C68H123N11O15S/c1-26-28-29-44(13)56(80)55-60(84)71-47(27-2)62(86)77(22)52(38-95-33-32-94-31-30-93-25)65(89)76(21)51(37-68(16,17)92)59(83)72-53(42(9)10)66(90)73(18)48(34-39(3)4)58(82)69-45(14)57(81)70-46(15)61(85)74(19)49(35-40(5)6)63(87)75(20)50(36-41(7)8)64(88)78(23)54(43(11)12)67(91)79(55)24/h26,28,39-56,80,92H,27,29-38H2,1-25H3,(H,69,82)(H,70,81)(H,71,84)(H,72,83)/b28-26+/t44-,45+,46-,47+,48+,49+,50+,51+,52-,53+,54+,55+,56-/m1/s1. The Morgan fingerprint density at radius 1 is 0.516 bits per heavy atom. The van der Waals surface area contributed by atoms with Crippen LogP contribution in [0.15, 0.2) is 12.2 Å². The minimum atomic E-state index is -1.67. The highest BCUT2D eigenvalue weighted by Gasteiger charge is 2.47. The van der Waals surface area contributed by atoms with Gasteiger partial charge < -0.3 is 75.3 Å². The molecule has 0 aromatic carbocycles. The molecule has 0 aliphatic carbocycles. The van der Waals surface area contributed by atoms with Crippen molar-refractivity contribution in [1.82, 2.24) is 55.6 Å². The second-order valence-electron chi connectivity index (χ2n) is 28.4. The number of methoxy groups -OCH3 is 1. The maximum atomic E-state index is 15.4. The van der Waals surface area contributed by atoms with E-state index in [-0.39, 0.29) is 68.6 Å². The number of carbonyl (C=O) groups is 11. The lowest BCUT2D eigenvalue weighted by molar-refractivity contribution is -0.157. The van der Waals surface area contributed by atoms with Gasteiger partial charge in [-0.2, -0.15) is 11.8 Å². The van der Waals surface area contributed by atoms with Crippen LogP contribution in [0.1, 0.15) is 156 Å². The van der Waals surface area contributed by atoms with Crippen LogP contribution in [0.2, 0.25) is 0 Å². The number of likely N-dealkylation sites (N-methyl/N-ethyl adjacent to an activating group) is 7. The van der Waals surface area contributed by atoms with Gasteiger partial charge in [0.1, 0.15) is 66.5 Å². The number of nitrogens with one attached hydrogen (secondary N) is 4. The predicted octanol–water partition coefficient (Wildman–Crippen LogP) is 3.15. The summed E-state index contributed by atoms with van der Waals surface area (Å²) in [5.74, 6) is -10.2. The lowest BCUT2D eigenvalue weighted by atomic mass is 9.91. The second kappa shape index (κ2) is 40.7. The number of rotatable bonds is 23. The highest BCUT2D eigenvalue weighted by molar-refractivity contribution is 7.99. The molecule has 13 atom stereocenters. The molecule has 1 saturated heterocycles. The first-order chi connectivity index (χ1) is 44.0. The van der Waals surface area contributed by atoms with Gasteiger partial charge in [-0.15, -0.1) is 0 Å². The SMILES string of the molecule is C/C=C/C[C@@H](C)[C@@H](O)[C@H]1C(=O)N[C@@H](CC)C(=O)N(C)[C@H](CSCCOCCOC)C(=O)N(C)[C@@H](CC(C)(C)O)C(=O)N[C@@H](C(C)C)C(=O)N(C)[C@@H](CC(C)C)C(=O)N[C@@H](C)C(=O)N[C@H](C)C(=O)N(C)[C@@H](CC(C)C)C(=O)N(C)[C@@H](CC(C)C)C(=O)N(C)[C@@H](C(C)C)C(=O)N1C. The van der Waals surface area contributed by atoms with E-state index in [0.29, 0.717) is 19.0 Å². The van der Waals surface area contributed by atoms with Crippen molar-refractivity contribution in [2.24, 2.45) is 35.5 Å². The van der Waals surface area contributed by atoms with Crippen LogP contribution >= 0.6 is 11.8 Å². The number of hydrogen-bond acceptors (Lipinski definition) is 16. The van der Waals surface area contributed by atoms with Gasteiger partial charge in [0.2, 0.25) is 65.0 Å². The van der Waals surface area contributed by atoms with Crippen LogP contribution in [-0.2, 0) is 62.2 Å². The second-order valence-corrected chi connectivity index (χ2v) is 29.5. The van der Waals surface area contributed by atoms with Crippen LogP contribution in [0.4, 0.5) is 0 Å². The van der Waals surface area contributed by atoms with Crippen LogP contribution in [0.25, 0.3) is 0 Å². The Balaban J connectivity index is 4.56. The van der Waals surface area contributed by atoms with Crippen LogP contribution in [0, 0.1) is 35.5 Å². The molecule has 0 bridgehead atoms. The maximum absolute atomic E-state index is 15.4. The highest BCUT2D eigenvalue weighted by Crippen LogP contribution is 2.27. The number of nitrogens with zero attached hydrogens (tertiary/aromatic N) is 7. The molecule has 6 N–H and O–H groups in total. The summed E-state index contributed by atoms with van der Waals surface area (Å²) in [4.78, 5) is 172. The fraction of sp³-hybridized carbons (Fsp3) is 0.809. The summed E-state index contributed by atoms with van der Waals surface area (Å²) in [6.45, 7) is 29.7. The number of amides is 11. The van der Waals surface area contributed by atoms with Crippen LogP contribution in [0.5, 0.6) is 0 Å². The van der Waals surface area contributed by atoms with Crippen molar-refractivity contribution in [3.8, 4) is 0 Å². The monoisotopic (exact) mass is 1370 g/mol. The van der Waals surface area contributed by atoms with Gasteiger partial charge in [0.05, 0.1) is 31.5 Å². The van der Waals surface area contributed by atoms with Crippen molar-refractivity contribution in [1.29, 1.82) is 0 Å². The summed E-state index contributed by atoms with van der Waals surface area (Å²) in [5, 5.41) is 34.7. The molecule has 0 unspecified atom stereocenters. The lowest BCUT2D eigenvalue weighted by Gasteiger charge is -2.41. The smallest absolute Gasteiger partial charge is 0.246 e. The van der Waals surface area contributed by atoms with E-state index in [1.54, 1.807) is 60.6 Å². The Bertz CT molecular complexity index is 2570. The third-order valence-corrected chi connectivity index (χ3v) is 18.5. The zero-order valence-corrected chi connectivity index (χ0v) is 62.9. The quantitative estimate of drug-likeness (QED) is 0.0632. The van der Waals surface area contributed by atoms with E-state index in [9.17, 15) is 34.2 Å². The van der Waals surface area contributed by atoms with Crippen molar-refractivity contribution < 1.29 is 72.4 Å². The topological polar surface area (TPSA) is 317 Å². The molecule has 1 aliphatic heterocycles. The number of aliphatic hydroxyl groups is 2. The molecule has 0 aromatic heterocycles. The Labute approximate surface area is 572 Å². The molecule has 546 valence electrons. The number of ether oxygens (including phenoxy) is 2. The van der Waals surface area contributed by atoms with Gasteiger partial charge in [0.15, 0.2) is 0 Å². The van der Waals surface area contributed by atoms with Gasteiger partial charge in [0.25, 0.3) is 0 Å². The Kier molecular flexibility index (Phi) is 37.3. The largest absolute Gasteiger partial charge is 0.390 e. The molecular weight excluding hydrogens is 1240 g/mol. The van der Waals surface area contributed by atoms with Gasteiger partial charge in [0, 0.05) is 74.4 Å². The minimum Gasteiger partial charge on any atom is -0.390 e. The van der Waals surface area contributed by atoms with E-state index >= 15 is 28.8 Å². The van der Waals surface area contributed by atoms with Gasteiger partial charge in [-0.25, -0.2) is 0 Å². The van der Waals surface area contributed by atoms with Gasteiger partial charge >= 0.3 is 0 Å². The highest BCUT2D eigenvalue weighted by atomic mass is 32.2. The first kappa shape index (κ1) is 87.1. The Morgan fingerprint density at radius 3 is 1.45 bits per heavy atom. The van der Waals surface area contributed by atoms with E-state index in [4.69, 9.17) is 9.47 Å². The van der Waals surface area contributed by atoms with Crippen LogP contribution < -0.4 is 21.3 Å². The normalized spacial score (nSPS) is 26.3. The van der Waals surface area contributed by atoms with E-state index in [1.165, 1.54) is 115 Å². The summed E-state index contributed by atoms with van der Waals surface area (Å²) < 4.78 is 10.8. The molecule has 0 saturated carbocycles.